The Morgan fingerprint density at radius 1 is 0.500 bits per heavy atom. The van der Waals surface area contributed by atoms with E-state index < -0.39 is 0 Å². The van der Waals surface area contributed by atoms with Crippen molar-refractivity contribution in [3.8, 4) is 0 Å². The summed E-state index contributed by atoms with van der Waals surface area (Å²) in [5.74, 6) is 0.901. The standard InChI is InChI=1S/C32H64O2/c1-4-5-6-7-8-16-20-23-26-29-32(33)34-30-27-24-21-18-15-13-11-9-10-12-14-17-19-22-25-28-31(2)3/h31H,4-30H2,1-3H3. The number of esters is 1. The van der Waals surface area contributed by atoms with Gasteiger partial charge in [0.05, 0.1) is 6.61 Å². The van der Waals surface area contributed by atoms with E-state index in [4.69, 9.17) is 4.74 Å². The van der Waals surface area contributed by atoms with Gasteiger partial charge in [-0.25, -0.2) is 0 Å². The number of ether oxygens (including phenoxy) is 1. The van der Waals surface area contributed by atoms with Crippen LogP contribution in [-0.4, -0.2) is 12.6 Å². The molecule has 0 saturated carbocycles. The first-order valence-electron chi connectivity index (χ1n) is 15.8. The number of hydrogen-bond acceptors (Lipinski definition) is 2. The maximum absolute atomic E-state index is 11.8. The van der Waals surface area contributed by atoms with Gasteiger partial charge in [-0.1, -0.05) is 168 Å². The summed E-state index contributed by atoms with van der Waals surface area (Å²) < 4.78 is 5.40. The lowest BCUT2D eigenvalue weighted by atomic mass is 10.0. The molecule has 0 N–H and O–H groups in total. The summed E-state index contributed by atoms with van der Waals surface area (Å²) in [6.07, 6.45) is 34.3. The zero-order valence-electron chi connectivity index (χ0n) is 24.0. The minimum Gasteiger partial charge on any atom is -0.466 e. The van der Waals surface area contributed by atoms with Crippen molar-refractivity contribution < 1.29 is 9.53 Å². The lowest BCUT2D eigenvalue weighted by molar-refractivity contribution is -0.143. The Labute approximate surface area is 215 Å². The van der Waals surface area contributed by atoms with Crippen LogP contribution in [-0.2, 0) is 9.53 Å². The molecule has 0 fully saturated rings. The third-order valence-electron chi connectivity index (χ3n) is 7.17. The van der Waals surface area contributed by atoms with Crippen molar-refractivity contribution in [3.63, 3.8) is 0 Å². The molecule has 0 atom stereocenters. The van der Waals surface area contributed by atoms with Gasteiger partial charge in [-0.05, 0) is 18.8 Å². The molecule has 0 radical (unpaired) electrons. The van der Waals surface area contributed by atoms with Crippen LogP contribution in [0.1, 0.15) is 188 Å². The van der Waals surface area contributed by atoms with Crippen LogP contribution in [0.5, 0.6) is 0 Å². The molecule has 0 unspecified atom stereocenters. The van der Waals surface area contributed by atoms with Gasteiger partial charge in [0.15, 0.2) is 0 Å². The maximum Gasteiger partial charge on any atom is 0.305 e. The first-order valence-corrected chi connectivity index (χ1v) is 15.8. The highest BCUT2D eigenvalue weighted by molar-refractivity contribution is 5.69. The van der Waals surface area contributed by atoms with E-state index in [9.17, 15) is 4.79 Å². The quantitative estimate of drug-likeness (QED) is 0.0821. The summed E-state index contributed by atoms with van der Waals surface area (Å²) in [6, 6.07) is 0. The summed E-state index contributed by atoms with van der Waals surface area (Å²) in [5, 5.41) is 0. The van der Waals surface area contributed by atoms with Crippen LogP contribution >= 0.6 is 0 Å². The Morgan fingerprint density at radius 3 is 1.26 bits per heavy atom. The molecular formula is C32H64O2. The molecule has 0 aliphatic heterocycles. The van der Waals surface area contributed by atoms with Crippen LogP contribution in [0.2, 0.25) is 0 Å². The van der Waals surface area contributed by atoms with Crippen LogP contribution < -0.4 is 0 Å². The summed E-state index contributed by atoms with van der Waals surface area (Å²) in [4.78, 5) is 11.8. The zero-order valence-corrected chi connectivity index (χ0v) is 24.0. The van der Waals surface area contributed by atoms with Crippen LogP contribution in [0.4, 0.5) is 0 Å². The first kappa shape index (κ1) is 33.5. The second-order valence-corrected chi connectivity index (χ2v) is 11.3. The van der Waals surface area contributed by atoms with E-state index in [-0.39, 0.29) is 5.97 Å². The summed E-state index contributed by atoms with van der Waals surface area (Å²) in [5.41, 5.74) is 0. The molecule has 34 heavy (non-hydrogen) atoms. The van der Waals surface area contributed by atoms with E-state index in [2.05, 4.69) is 20.8 Å². The lowest BCUT2D eigenvalue weighted by Crippen LogP contribution is -2.05. The van der Waals surface area contributed by atoms with Crippen LogP contribution in [0, 0.1) is 5.92 Å². The molecule has 204 valence electrons. The molecule has 2 nitrogen and oxygen atoms in total. The molecule has 2 heteroatoms. The number of unbranched alkanes of at least 4 members (excludes halogenated alkanes) is 22. The van der Waals surface area contributed by atoms with Gasteiger partial charge in [0, 0.05) is 6.42 Å². The number of carbonyl (C=O) groups is 1. The first-order chi connectivity index (χ1) is 16.7. The van der Waals surface area contributed by atoms with Gasteiger partial charge in [0.2, 0.25) is 0 Å². The molecular weight excluding hydrogens is 416 g/mol. The van der Waals surface area contributed by atoms with Crippen molar-refractivity contribution in [1.29, 1.82) is 0 Å². The van der Waals surface area contributed by atoms with Crippen molar-refractivity contribution in [2.75, 3.05) is 6.61 Å². The molecule has 0 aliphatic carbocycles. The Hall–Kier alpha value is -0.530. The summed E-state index contributed by atoms with van der Waals surface area (Å²) >= 11 is 0. The fourth-order valence-electron chi connectivity index (χ4n) is 4.79. The second kappa shape index (κ2) is 28.7. The SMILES string of the molecule is CCCCCCCCCCCC(=O)OCCCCCCCCCCCCCCCCCC(C)C. The predicted octanol–water partition coefficient (Wildman–Crippen LogP) is 11.3. The van der Waals surface area contributed by atoms with Crippen LogP contribution in [0.15, 0.2) is 0 Å². The smallest absolute Gasteiger partial charge is 0.305 e. The molecule has 0 saturated heterocycles. The average Bonchev–Trinajstić information content (AvgIpc) is 2.82. The number of carbonyl (C=O) groups excluding carboxylic acids is 1. The van der Waals surface area contributed by atoms with E-state index in [0.29, 0.717) is 13.0 Å². The van der Waals surface area contributed by atoms with Crippen molar-refractivity contribution in [2.45, 2.75) is 188 Å². The van der Waals surface area contributed by atoms with Crippen molar-refractivity contribution in [2.24, 2.45) is 5.92 Å². The molecule has 0 aromatic rings. The number of rotatable bonds is 28. The third-order valence-corrected chi connectivity index (χ3v) is 7.17. The molecule has 0 heterocycles. The van der Waals surface area contributed by atoms with E-state index in [1.807, 2.05) is 0 Å². The third kappa shape index (κ3) is 29.5. The molecule has 0 rings (SSSR count). The maximum atomic E-state index is 11.8. The van der Waals surface area contributed by atoms with Gasteiger partial charge < -0.3 is 4.74 Å². The molecule has 0 spiro atoms. The van der Waals surface area contributed by atoms with Crippen molar-refractivity contribution in [3.05, 3.63) is 0 Å². The summed E-state index contributed by atoms with van der Waals surface area (Å²) in [6.45, 7) is 7.56. The Bertz CT molecular complexity index is 390. The van der Waals surface area contributed by atoms with Gasteiger partial charge in [0.25, 0.3) is 0 Å². The Kier molecular flexibility index (Phi) is 28.3. The summed E-state index contributed by atoms with van der Waals surface area (Å²) in [7, 11) is 0. The largest absolute Gasteiger partial charge is 0.466 e. The van der Waals surface area contributed by atoms with Gasteiger partial charge in [0.1, 0.15) is 0 Å². The predicted molar refractivity (Wildman–Crippen MR) is 152 cm³/mol. The molecule has 0 aromatic heterocycles. The van der Waals surface area contributed by atoms with E-state index >= 15 is 0 Å². The lowest BCUT2D eigenvalue weighted by Gasteiger charge is -2.06. The average molecular weight is 481 g/mol. The topological polar surface area (TPSA) is 26.3 Å². The van der Waals surface area contributed by atoms with Gasteiger partial charge in [-0.2, -0.15) is 0 Å². The Balaban J connectivity index is 3.13. The molecule has 0 bridgehead atoms. The van der Waals surface area contributed by atoms with E-state index in [1.165, 1.54) is 148 Å². The van der Waals surface area contributed by atoms with Gasteiger partial charge >= 0.3 is 5.97 Å². The monoisotopic (exact) mass is 480 g/mol. The zero-order chi connectivity index (χ0) is 25.0. The minimum absolute atomic E-state index is 0.0223. The minimum atomic E-state index is 0.0223. The van der Waals surface area contributed by atoms with Crippen LogP contribution in [0.3, 0.4) is 0 Å². The van der Waals surface area contributed by atoms with Gasteiger partial charge in [-0.15, -0.1) is 0 Å². The highest BCUT2D eigenvalue weighted by Gasteiger charge is 2.02. The highest BCUT2D eigenvalue weighted by atomic mass is 16.5. The Morgan fingerprint density at radius 2 is 0.853 bits per heavy atom. The fourth-order valence-corrected chi connectivity index (χ4v) is 4.79. The number of hydrogen-bond donors (Lipinski definition) is 0. The molecule has 0 aromatic carbocycles. The van der Waals surface area contributed by atoms with E-state index in [1.54, 1.807) is 0 Å². The second-order valence-electron chi connectivity index (χ2n) is 11.3. The van der Waals surface area contributed by atoms with Gasteiger partial charge in [-0.3, -0.25) is 4.79 Å². The van der Waals surface area contributed by atoms with Crippen LogP contribution in [0.25, 0.3) is 0 Å². The molecule has 0 aliphatic rings. The molecule has 0 amide bonds. The highest BCUT2D eigenvalue weighted by Crippen LogP contribution is 2.15. The fraction of sp³-hybridized carbons (Fsp3) is 0.969. The van der Waals surface area contributed by atoms with E-state index in [0.717, 1.165) is 18.8 Å². The normalized spacial score (nSPS) is 11.4. The van der Waals surface area contributed by atoms with Crippen molar-refractivity contribution >= 4 is 5.97 Å². The van der Waals surface area contributed by atoms with Crippen molar-refractivity contribution in [1.82, 2.24) is 0 Å².